The van der Waals surface area contributed by atoms with Gasteiger partial charge in [0.1, 0.15) is 11.5 Å². The van der Waals surface area contributed by atoms with Crippen LogP contribution in [0.5, 0.6) is 0 Å². The second-order valence-electron chi connectivity index (χ2n) is 6.22. The summed E-state index contributed by atoms with van der Waals surface area (Å²) in [6, 6.07) is 7.23. The van der Waals surface area contributed by atoms with Crippen LogP contribution in [-0.2, 0) is 4.74 Å². The van der Waals surface area contributed by atoms with Gasteiger partial charge in [-0.3, -0.25) is 9.69 Å². The number of aryl methyl sites for hydroxylation is 1. The van der Waals surface area contributed by atoms with Crippen LogP contribution in [0.3, 0.4) is 0 Å². The molecule has 0 spiro atoms. The van der Waals surface area contributed by atoms with Crippen LogP contribution in [0.2, 0.25) is 0 Å². The average Bonchev–Trinajstić information content (AvgIpc) is 3.31. The quantitative estimate of drug-likeness (QED) is 0.723. The Hall–Kier alpha value is -2.78. The van der Waals surface area contributed by atoms with E-state index in [1.165, 1.54) is 4.52 Å². The van der Waals surface area contributed by atoms with E-state index >= 15 is 0 Å². The Bertz CT molecular complexity index is 899. The van der Waals surface area contributed by atoms with Crippen molar-refractivity contribution in [2.75, 3.05) is 32.8 Å². The van der Waals surface area contributed by atoms with Crippen LogP contribution < -0.4 is 5.32 Å². The van der Waals surface area contributed by atoms with Gasteiger partial charge in [-0.05, 0) is 41.6 Å². The molecule has 1 fully saturated rings. The van der Waals surface area contributed by atoms with Gasteiger partial charge in [-0.25, -0.2) is 4.52 Å². The Balaban J connectivity index is 1.48. The van der Waals surface area contributed by atoms with Gasteiger partial charge in [0.25, 0.3) is 5.91 Å². The number of hydrogen-bond acceptors (Lipinski definition) is 7. The van der Waals surface area contributed by atoms with Crippen molar-refractivity contribution in [1.82, 2.24) is 30.3 Å². The molecule has 0 aromatic carbocycles. The standard InChI is InChI=1S/C17H20N6O3/c1-12-2-3-15(26-12)14(22-6-8-25-9-7-22)11-18-17(24)13-4-5-23-16(10-13)19-20-21-23/h2-5,10,14H,6-9,11H2,1H3,(H,18,24). The van der Waals surface area contributed by atoms with Crippen LogP contribution in [-0.4, -0.2) is 63.7 Å². The number of carbonyl (C=O) groups is 1. The third-order valence-electron chi connectivity index (χ3n) is 4.49. The summed E-state index contributed by atoms with van der Waals surface area (Å²) in [5, 5.41) is 14.2. The maximum absolute atomic E-state index is 12.6. The lowest BCUT2D eigenvalue weighted by Crippen LogP contribution is -2.43. The lowest BCUT2D eigenvalue weighted by molar-refractivity contribution is 0.0117. The number of fused-ring (bicyclic) bond motifs is 1. The largest absolute Gasteiger partial charge is 0.465 e. The van der Waals surface area contributed by atoms with Gasteiger partial charge < -0.3 is 14.5 Å². The summed E-state index contributed by atoms with van der Waals surface area (Å²) in [6.45, 7) is 5.33. The van der Waals surface area contributed by atoms with E-state index in [2.05, 4.69) is 25.7 Å². The Labute approximate surface area is 149 Å². The minimum atomic E-state index is -0.169. The van der Waals surface area contributed by atoms with E-state index in [1.807, 2.05) is 19.1 Å². The first kappa shape index (κ1) is 16.7. The Morgan fingerprint density at radius 1 is 1.31 bits per heavy atom. The first-order chi connectivity index (χ1) is 12.7. The summed E-state index contributed by atoms with van der Waals surface area (Å²) < 4.78 is 12.8. The van der Waals surface area contributed by atoms with Crippen LogP contribution in [0, 0.1) is 6.92 Å². The maximum atomic E-state index is 12.6. The van der Waals surface area contributed by atoms with Crippen molar-refractivity contribution >= 4 is 11.6 Å². The number of tetrazole rings is 1. The van der Waals surface area contributed by atoms with Crippen LogP contribution in [0.1, 0.15) is 27.9 Å². The minimum absolute atomic E-state index is 0.0324. The third kappa shape index (κ3) is 3.44. The molecule has 1 amide bonds. The monoisotopic (exact) mass is 356 g/mol. The number of hydrogen-bond donors (Lipinski definition) is 1. The van der Waals surface area contributed by atoms with Crippen molar-refractivity contribution in [1.29, 1.82) is 0 Å². The molecule has 9 nitrogen and oxygen atoms in total. The van der Waals surface area contributed by atoms with Crippen molar-refractivity contribution in [2.24, 2.45) is 0 Å². The van der Waals surface area contributed by atoms with E-state index in [4.69, 9.17) is 9.15 Å². The second-order valence-corrected chi connectivity index (χ2v) is 6.22. The molecular formula is C17H20N6O3. The number of aromatic nitrogens is 4. The summed E-state index contributed by atoms with van der Waals surface area (Å²) >= 11 is 0. The molecule has 0 aliphatic carbocycles. The van der Waals surface area contributed by atoms with Gasteiger partial charge in [-0.1, -0.05) is 0 Å². The molecule has 3 aromatic rings. The van der Waals surface area contributed by atoms with Crippen molar-refractivity contribution < 1.29 is 13.9 Å². The molecule has 1 unspecified atom stereocenters. The number of nitrogens with one attached hydrogen (secondary N) is 1. The van der Waals surface area contributed by atoms with Gasteiger partial charge in [-0.2, -0.15) is 0 Å². The molecule has 1 N–H and O–H groups in total. The van der Waals surface area contributed by atoms with Gasteiger partial charge in [0.05, 0.1) is 19.3 Å². The fraction of sp³-hybridized carbons (Fsp3) is 0.412. The maximum Gasteiger partial charge on any atom is 0.251 e. The first-order valence-electron chi connectivity index (χ1n) is 8.55. The van der Waals surface area contributed by atoms with Crippen LogP contribution in [0.25, 0.3) is 5.65 Å². The van der Waals surface area contributed by atoms with E-state index in [1.54, 1.807) is 18.3 Å². The zero-order valence-electron chi connectivity index (χ0n) is 14.5. The predicted octanol–water partition coefficient (Wildman–Crippen LogP) is 0.829. The van der Waals surface area contributed by atoms with Crippen molar-refractivity contribution in [2.45, 2.75) is 13.0 Å². The first-order valence-corrected chi connectivity index (χ1v) is 8.55. The highest BCUT2D eigenvalue weighted by atomic mass is 16.5. The molecule has 1 aliphatic heterocycles. The highest BCUT2D eigenvalue weighted by molar-refractivity contribution is 5.94. The molecule has 4 rings (SSSR count). The van der Waals surface area contributed by atoms with Crippen molar-refractivity contribution in [3.8, 4) is 0 Å². The second kappa shape index (κ2) is 7.22. The van der Waals surface area contributed by atoms with Gasteiger partial charge >= 0.3 is 0 Å². The molecule has 1 aliphatic rings. The molecule has 0 saturated carbocycles. The summed E-state index contributed by atoms with van der Waals surface area (Å²) in [5.74, 6) is 1.54. The number of morpholine rings is 1. The molecule has 3 aromatic heterocycles. The Kier molecular flexibility index (Phi) is 4.63. The lowest BCUT2D eigenvalue weighted by Gasteiger charge is -2.33. The summed E-state index contributed by atoms with van der Waals surface area (Å²) in [7, 11) is 0. The normalized spacial score (nSPS) is 16.7. The molecule has 26 heavy (non-hydrogen) atoms. The Morgan fingerprint density at radius 2 is 2.15 bits per heavy atom. The number of ether oxygens (including phenoxy) is 1. The zero-order valence-corrected chi connectivity index (χ0v) is 14.5. The number of pyridine rings is 1. The van der Waals surface area contributed by atoms with Crippen LogP contribution in [0.4, 0.5) is 0 Å². The zero-order chi connectivity index (χ0) is 17.9. The molecule has 0 radical (unpaired) electrons. The summed E-state index contributed by atoms with van der Waals surface area (Å²) in [6.07, 6.45) is 1.67. The highest BCUT2D eigenvalue weighted by Crippen LogP contribution is 2.23. The highest BCUT2D eigenvalue weighted by Gasteiger charge is 2.26. The summed E-state index contributed by atoms with van der Waals surface area (Å²) in [5.41, 5.74) is 1.05. The number of rotatable bonds is 5. The van der Waals surface area contributed by atoms with E-state index in [9.17, 15) is 4.79 Å². The van der Waals surface area contributed by atoms with Gasteiger partial charge in [0, 0.05) is 31.4 Å². The number of carbonyl (C=O) groups excluding carboxylic acids is 1. The van der Waals surface area contributed by atoms with Crippen LogP contribution >= 0.6 is 0 Å². The van der Waals surface area contributed by atoms with Crippen LogP contribution in [0.15, 0.2) is 34.9 Å². The predicted molar refractivity (Wildman–Crippen MR) is 91.7 cm³/mol. The molecule has 4 heterocycles. The SMILES string of the molecule is Cc1ccc(C(CNC(=O)c2ccn3nnnc3c2)N2CCOCC2)o1. The smallest absolute Gasteiger partial charge is 0.251 e. The lowest BCUT2D eigenvalue weighted by atomic mass is 10.1. The van der Waals surface area contributed by atoms with Crippen molar-refractivity contribution in [3.05, 3.63) is 47.5 Å². The fourth-order valence-corrected chi connectivity index (χ4v) is 3.10. The molecule has 136 valence electrons. The molecule has 1 saturated heterocycles. The molecular weight excluding hydrogens is 336 g/mol. The van der Waals surface area contributed by atoms with E-state index in [-0.39, 0.29) is 11.9 Å². The van der Waals surface area contributed by atoms with Gasteiger partial charge in [0.2, 0.25) is 0 Å². The number of nitrogens with zero attached hydrogens (tertiary/aromatic N) is 5. The number of amides is 1. The Morgan fingerprint density at radius 3 is 2.92 bits per heavy atom. The molecule has 9 heteroatoms. The van der Waals surface area contributed by atoms with E-state index < -0.39 is 0 Å². The number of furan rings is 1. The van der Waals surface area contributed by atoms with E-state index in [0.717, 1.165) is 24.6 Å². The van der Waals surface area contributed by atoms with Gasteiger partial charge in [-0.15, -0.1) is 5.10 Å². The third-order valence-corrected chi connectivity index (χ3v) is 4.49. The molecule has 0 bridgehead atoms. The molecule has 1 atom stereocenters. The topological polar surface area (TPSA) is 97.8 Å². The van der Waals surface area contributed by atoms with E-state index in [0.29, 0.717) is 31.0 Å². The minimum Gasteiger partial charge on any atom is -0.465 e. The van der Waals surface area contributed by atoms with Crippen molar-refractivity contribution in [3.63, 3.8) is 0 Å². The van der Waals surface area contributed by atoms with Gasteiger partial charge in [0.15, 0.2) is 5.65 Å². The fourth-order valence-electron chi connectivity index (χ4n) is 3.10. The summed E-state index contributed by atoms with van der Waals surface area (Å²) in [4.78, 5) is 14.8. The average molecular weight is 356 g/mol.